The lowest BCUT2D eigenvalue weighted by Crippen LogP contribution is -2.41. The number of anilines is 1. The number of aliphatic carboxylic acids is 1. The number of amides is 2. The molecule has 0 spiro atoms. The number of alkyl carbamates (subject to hydrolysis) is 1. The number of phenolic OH excluding ortho intramolecular Hbond substituents is 1. The third-order valence-corrected chi connectivity index (χ3v) is 4.21. The van der Waals surface area contributed by atoms with Crippen LogP contribution < -0.4 is 16.4 Å². The minimum absolute atomic E-state index is 0.0876. The van der Waals surface area contributed by atoms with Crippen molar-refractivity contribution in [3.05, 3.63) is 23.8 Å². The van der Waals surface area contributed by atoms with Gasteiger partial charge in [0.25, 0.3) is 0 Å². The van der Waals surface area contributed by atoms with Gasteiger partial charge in [0, 0.05) is 12.5 Å². The van der Waals surface area contributed by atoms with E-state index in [4.69, 9.17) is 10.5 Å². The zero-order chi connectivity index (χ0) is 22.9. The molecular formula is C21H33N3O6. The summed E-state index contributed by atoms with van der Waals surface area (Å²) in [7, 11) is 0. The van der Waals surface area contributed by atoms with Crippen LogP contribution in [0.2, 0.25) is 0 Å². The highest BCUT2D eigenvalue weighted by Crippen LogP contribution is 2.26. The van der Waals surface area contributed by atoms with E-state index in [2.05, 4.69) is 10.6 Å². The van der Waals surface area contributed by atoms with Crippen LogP contribution in [0, 0.1) is 5.92 Å². The lowest BCUT2D eigenvalue weighted by molar-refractivity contribution is -0.141. The normalized spacial score (nSPS) is 13.2. The molecule has 0 heterocycles. The molecule has 0 saturated carbocycles. The number of aromatic hydroxyl groups is 1. The van der Waals surface area contributed by atoms with Gasteiger partial charge < -0.3 is 31.3 Å². The number of nitrogens with two attached hydrogens (primary N) is 1. The van der Waals surface area contributed by atoms with E-state index in [-0.39, 0.29) is 30.2 Å². The summed E-state index contributed by atoms with van der Waals surface area (Å²) in [6.45, 7) is 7.16. The summed E-state index contributed by atoms with van der Waals surface area (Å²) in [4.78, 5) is 35.4. The second-order valence-corrected chi connectivity index (χ2v) is 8.31. The molecule has 0 aliphatic carbocycles. The maximum atomic E-state index is 12.2. The predicted octanol–water partition coefficient (Wildman–Crippen LogP) is 2.62. The average molecular weight is 424 g/mol. The first-order chi connectivity index (χ1) is 13.9. The third kappa shape index (κ3) is 9.60. The molecule has 0 aliphatic heterocycles. The van der Waals surface area contributed by atoms with E-state index >= 15 is 0 Å². The van der Waals surface area contributed by atoms with Crippen molar-refractivity contribution in [2.75, 3.05) is 11.9 Å². The molecule has 9 nitrogen and oxygen atoms in total. The van der Waals surface area contributed by atoms with Gasteiger partial charge in [-0.3, -0.25) is 9.59 Å². The van der Waals surface area contributed by atoms with Gasteiger partial charge in [0.15, 0.2) is 0 Å². The molecule has 30 heavy (non-hydrogen) atoms. The van der Waals surface area contributed by atoms with E-state index in [1.54, 1.807) is 39.8 Å². The molecule has 1 unspecified atom stereocenters. The smallest absolute Gasteiger partial charge is 0.407 e. The second-order valence-electron chi connectivity index (χ2n) is 8.31. The van der Waals surface area contributed by atoms with Crippen molar-refractivity contribution in [2.45, 2.75) is 65.0 Å². The fourth-order valence-electron chi connectivity index (χ4n) is 2.77. The van der Waals surface area contributed by atoms with Gasteiger partial charge in [0.1, 0.15) is 11.4 Å². The Bertz CT molecular complexity index is 745. The molecule has 0 aliphatic rings. The molecule has 1 aromatic carbocycles. The van der Waals surface area contributed by atoms with Crippen molar-refractivity contribution in [2.24, 2.45) is 11.7 Å². The molecule has 0 fully saturated rings. The van der Waals surface area contributed by atoms with Crippen LogP contribution in [0.1, 0.15) is 52.5 Å². The molecular weight excluding hydrogens is 390 g/mol. The lowest BCUT2D eigenvalue weighted by Gasteiger charge is -2.25. The minimum atomic E-state index is -0.968. The Balaban J connectivity index is 2.95. The van der Waals surface area contributed by atoms with Crippen LogP contribution in [-0.4, -0.2) is 46.4 Å². The van der Waals surface area contributed by atoms with Crippen LogP contribution in [0.3, 0.4) is 0 Å². The highest BCUT2D eigenvalue weighted by atomic mass is 16.6. The highest BCUT2D eigenvalue weighted by molar-refractivity contribution is 5.92. The van der Waals surface area contributed by atoms with Gasteiger partial charge in [-0.1, -0.05) is 13.0 Å². The number of rotatable bonds is 10. The van der Waals surface area contributed by atoms with Crippen LogP contribution in [0.5, 0.6) is 5.75 Å². The molecule has 0 bridgehead atoms. The fourth-order valence-corrected chi connectivity index (χ4v) is 2.77. The van der Waals surface area contributed by atoms with E-state index in [0.717, 1.165) is 0 Å². The van der Waals surface area contributed by atoms with Gasteiger partial charge in [0.2, 0.25) is 5.91 Å². The van der Waals surface area contributed by atoms with Gasteiger partial charge in [-0.15, -0.1) is 0 Å². The van der Waals surface area contributed by atoms with Crippen molar-refractivity contribution in [1.82, 2.24) is 5.32 Å². The van der Waals surface area contributed by atoms with E-state index in [1.165, 1.54) is 6.07 Å². The van der Waals surface area contributed by atoms with Crippen LogP contribution in [0.15, 0.2) is 18.2 Å². The van der Waals surface area contributed by atoms with E-state index in [9.17, 15) is 24.6 Å². The monoisotopic (exact) mass is 423 g/mol. The lowest BCUT2D eigenvalue weighted by atomic mass is 9.96. The maximum absolute atomic E-state index is 12.2. The van der Waals surface area contributed by atoms with Crippen LogP contribution in [-0.2, 0) is 20.7 Å². The molecule has 0 saturated heterocycles. The molecule has 0 radical (unpaired) electrons. The van der Waals surface area contributed by atoms with Gasteiger partial charge in [-0.2, -0.15) is 0 Å². The van der Waals surface area contributed by atoms with E-state index in [1.807, 2.05) is 0 Å². The molecule has 2 atom stereocenters. The van der Waals surface area contributed by atoms with Crippen molar-refractivity contribution in [3.8, 4) is 5.75 Å². The second kappa shape index (κ2) is 11.4. The Kier molecular flexibility index (Phi) is 9.58. The summed E-state index contributed by atoms with van der Waals surface area (Å²) in [5, 5.41) is 24.6. The number of ether oxygens (including phenoxy) is 1. The minimum Gasteiger partial charge on any atom is -0.506 e. The molecule has 168 valence electrons. The van der Waals surface area contributed by atoms with Crippen LogP contribution >= 0.6 is 0 Å². The van der Waals surface area contributed by atoms with Crippen LogP contribution in [0.25, 0.3) is 0 Å². The quantitative estimate of drug-likeness (QED) is 0.363. The average Bonchev–Trinajstić information content (AvgIpc) is 2.60. The van der Waals surface area contributed by atoms with E-state index < -0.39 is 29.6 Å². The summed E-state index contributed by atoms with van der Waals surface area (Å²) in [6.07, 6.45) is 0.607. The number of carbonyl (C=O) groups excluding carboxylic acids is 2. The number of benzene rings is 1. The van der Waals surface area contributed by atoms with Gasteiger partial charge in [-0.25, -0.2) is 4.79 Å². The van der Waals surface area contributed by atoms with Crippen molar-refractivity contribution >= 4 is 23.7 Å². The van der Waals surface area contributed by atoms with Crippen molar-refractivity contribution < 1.29 is 29.3 Å². The Labute approximate surface area is 177 Å². The molecule has 1 aromatic rings. The molecule has 9 heteroatoms. The number of carboxylic acids is 1. The molecule has 1 rings (SSSR count). The SMILES string of the molecule is CC(C[C@H](Cc1ccc(O)c(NC(=O)CCCN)c1)NC(=O)OC(C)(C)C)C(=O)O. The van der Waals surface area contributed by atoms with E-state index in [0.29, 0.717) is 24.9 Å². The Morgan fingerprint density at radius 3 is 2.47 bits per heavy atom. The first-order valence-electron chi connectivity index (χ1n) is 9.95. The summed E-state index contributed by atoms with van der Waals surface area (Å²) < 4.78 is 5.28. The number of hydrogen-bond donors (Lipinski definition) is 5. The summed E-state index contributed by atoms with van der Waals surface area (Å²) in [6, 6.07) is 4.18. The Morgan fingerprint density at radius 1 is 1.23 bits per heavy atom. The molecule has 0 aromatic heterocycles. The zero-order valence-electron chi connectivity index (χ0n) is 18.0. The standard InChI is InChI=1S/C21H33N3O6/c1-13(19(27)28)10-15(23-20(29)30-21(2,3)4)11-14-7-8-17(25)16(12-14)24-18(26)6-5-9-22/h7-8,12-13,15,25H,5-6,9-11,22H2,1-4H3,(H,23,29)(H,24,26)(H,27,28)/t13?,15-/m1/s1. The Hall–Kier alpha value is -2.81. The van der Waals surface area contributed by atoms with Gasteiger partial charge >= 0.3 is 12.1 Å². The first-order valence-corrected chi connectivity index (χ1v) is 9.95. The highest BCUT2D eigenvalue weighted by Gasteiger charge is 2.24. The van der Waals surface area contributed by atoms with Crippen LogP contribution in [0.4, 0.5) is 10.5 Å². The zero-order valence-corrected chi connectivity index (χ0v) is 18.0. The number of phenols is 1. The maximum Gasteiger partial charge on any atom is 0.407 e. The molecule has 2 amide bonds. The summed E-state index contributed by atoms with van der Waals surface area (Å²) in [5.74, 6) is -2.01. The Morgan fingerprint density at radius 2 is 1.90 bits per heavy atom. The van der Waals surface area contributed by atoms with Crippen molar-refractivity contribution in [1.29, 1.82) is 0 Å². The first kappa shape index (κ1) is 25.2. The van der Waals surface area contributed by atoms with Gasteiger partial charge in [0.05, 0.1) is 11.6 Å². The number of carboxylic acid groups (broad SMARTS) is 1. The number of hydrogen-bond acceptors (Lipinski definition) is 6. The van der Waals surface area contributed by atoms with Gasteiger partial charge in [-0.05, 0) is 64.3 Å². The van der Waals surface area contributed by atoms with Crippen molar-refractivity contribution in [3.63, 3.8) is 0 Å². The summed E-state index contributed by atoms with van der Waals surface area (Å²) in [5.41, 5.74) is 5.67. The largest absolute Gasteiger partial charge is 0.506 e. The fraction of sp³-hybridized carbons (Fsp3) is 0.571. The number of carbonyl (C=O) groups is 3. The summed E-state index contributed by atoms with van der Waals surface area (Å²) >= 11 is 0. The third-order valence-electron chi connectivity index (χ3n) is 4.21. The predicted molar refractivity (Wildman–Crippen MR) is 113 cm³/mol. The topological polar surface area (TPSA) is 151 Å². The number of nitrogens with one attached hydrogen (secondary N) is 2. The molecule has 6 N–H and O–H groups in total.